The molecule has 0 aliphatic carbocycles. The number of pyridine rings is 1. The van der Waals surface area contributed by atoms with Crippen LogP contribution in [0.4, 0.5) is 0 Å². The van der Waals surface area contributed by atoms with Crippen LogP contribution < -0.4 is 5.56 Å². The molecule has 1 amide bonds. The Morgan fingerprint density at radius 3 is 2.38 bits per heavy atom. The van der Waals surface area contributed by atoms with Crippen molar-refractivity contribution in [3.8, 4) is 0 Å². The van der Waals surface area contributed by atoms with Gasteiger partial charge in [-0.2, -0.15) is 0 Å². The van der Waals surface area contributed by atoms with Gasteiger partial charge in [-0.3, -0.25) is 9.59 Å². The number of hydrogen-bond acceptors (Lipinski definition) is 2. The van der Waals surface area contributed by atoms with Crippen LogP contribution in [0.25, 0.3) is 10.9 Å². The lowest BCUT2D eigenvalue weighted by Crippen LogP contribution is -2.29. The van der Waals surface area contributed by atoms with Crippen LogP contribution in [0, 0.1) is 13.8 Å². The Hall–Kier alpha value is -2.88. The molecule has 0 aliphatic heterocycles. The molecule has 1 N–H and O–H groups in total. The smallest absolute Gasteiger partial charge is 0.253 e. The molecule has 4 heteroatoms. The third-order valence-corrected chi connectivity index (χ3v) is 4.13. The van der Waals surface area contributed by atoms with Crippen LogP contribution in [-0.4, -0.2) is 22.8 Å². The minimum absolute atomic E-state index is 0.0987. The number of aromatic nitrogens is 1. The second kappa shape index (κ2) is 6.32. The first-order valence-corrected chi connectivity index (χ1v) is 7.89. The molecule has 0 unspecified atom stereocenters. The summed E-state index contributed by atoms with van der Waals surface area (Å²) in [6, 6.07) is 15.2. The molecule has 1 heterocycles. The fourth-order valence-electron chi connectivity index (χ4n) is 2.72. The van der Waals surface area contributed by atoms with Gasteiger partial charge in [0.1, 0.15) is 0 Å². The van der Waals surface area contributed by atoms with E-state index in [4.69, 9.17) is 0 Å². The van der Waals surface area contributed by atoms with E-state index in [0.717, 1.165) is 22.0 Å². The number of nitrogens with zero attached hydrogens (tertiary/aromatic N) is 1. The van der Waals surface area contributed by atoms with Gasteiger partial charge in [-0.25, -0.2) is 0 Å². The van der Waals surface area contributed by atoms with E-state index in [1.807, 2.05) is 62.4 Å². The summed E-state index contributed by atoms with van der Waals surface area (Å²) in [5.74, 6) is -0.0987. The number of hydrogen-bond donors (Lipinski definition) is 1. The Labute approximate surface area is 140 Å². The van der Waals surface area contributed by atoms with E-state index in [9.17, 15) is 9.59 Å². The first-order valence-electron chi connectivity index (χ1n) is 7.89. The number of aromatic amines is 1. The summed E-state index contributed by atoms with van der Waals surface area (Å²) in [7, 11) is 1.71. The molecule has 0 aliphatic rings. The van der Waals surface area contributed by atoms with Crippen molar-refractivity contribution in [3.05, 3.63) is 81.1 Å². The molecule has 3 rings (SSSR count). The number of carbonyl (C=O) groups is 1. The SMILES string of the molecule is Cc1ccc(C(=O)N(C)Cc2cc3ccc(C)cc3[nH]c2=O)cc1. The summed E-state index contributed by atoms with van der Waals surface area (Å²) in [6.07, 6.45) is 0. The summed E-state index contributed by atoms with van der Waals surface area (Å²) in [5, 5.41) is 0.964. The van der Waals surface area contributed by atoms with E-state index < -0.39 is 0 Å². The Bertz CT molecular complexity index is 956. The minimum Gasteiger partial charge on any atom is -0.337 e. The maximum Gasteiger partial charge on any atom is 0.253 e. The summed E-state index contributed by atoms with van der Waals surface area (Å²) in [5.41, 5.74) is 4.06. The average molecular weight is 320 g/mol. The molecule has 0 saturated heterocycles. The van der Waals surface area contributed by atoms with Crippen LogP contribution >= 0.6 is 0 Å². The molecule has 0 fully saturated rings. The fourth-order valence-corrected chi connectivity index (χ4v) is 2.72. The van der Waals surface area contributed by atoms with E-state index in [1.54, 1.807) is 11.9 Å². The Kier molecular flexibility index (Phi) is 4.21. The molecule has 1 aromatic heterocycles. The van der Waals surface area contributed by atoms with E-state index in [2.05, 4.69) is 4.98 Å². The predicted octanol–water partition coefficient (Wildman–Crippen LogP) is 3.42. The number of benzene rings is 2. The van der Waals surface area contributed by atoms with Gasteiger partial charge in [0.2, 0.25) is 0 Å². The highest BCUT2D eigenvalue weighted by atomic mass is 16.2. The van der Waals surface area contributed by atoms with Crippen molar-refractivity contribution < 1.29 is 4.79 Å². The van der Waals surface area contributed by atoms with Crippen LogP contribution in [0.2, 0.25) is 0 Å². The van der Waals surface area contributed by atoms with Crippen LogP contribution in [0.15, 0.2) is 53.3 Å². The van der Waals surface area contributed by atoms with Gasteiger partial charge in [-0.1, -0.05) is 29.8 Å². The normalized spacial score (nSPS) is 10.8. The molecular formula is C20H20N2O2. The van der Waals surface area contributed by atoms with Gasteiger partial charge < -0.3 is 9.88 Å². The summed E-state index contributed by atoms with van der Waals surface area (Å²) < 4.78 is 0. The summed E-state index contributed by atoms with van der Waals surface area (Å²) >= 11 is 0. The first-order chi connectivity index (χ1) is 11.4. The molecular weight excluding hydrogens is 300 g/mol. The number of aryl methyl sites for hydroxylation is 2. The number of H-pyrrole nitrogens is 1. The van der Waals surface area contributed by atoms with Crippen LogP contribution in [0.5, 0.6) is 0 Å². The molecule has 122 valence electrons. The maximum atomic E-state index is 12.5. The Morgan fingerprint density at radius 1 is 1.00 bits per heavy atom. The standard InChI is InChI=1S/C20H20N2O2/c1-13-4-7-15(8-5-13)20(24)22(3)12-17-11-16-9-6-14(2)10-18(16)21-19(17)23/h4-11H,12H2,1-3H3,(H,21,23). The van der Waals surface area contributed by atoms with Gasteiger partial charge in [0.15, 0.2) is 0 Å². The van der Waals surface area contributed by atoms with Gasteiger partial charge in [0.25, 0.3) is 11.5 Å². The van der Waals surface area contributed by atoms with Crippen molar-refractivity contribution in [1.29, 1.82) is 0 Å². The van der Waals surface area contributed by atoms with E-state index in [1.165, 1.54) is 0 Å². The van der Waals surface area contributed by atoms with Crippen molar-refractivity contribution >= 4 is 16.8 Å². The molecule has 24 heavy (non-hydrogen) atoms. The lowest BCUT2D eigenvalue weighted by atomic mass is 10.1. The largest absolute Gasteiger partial charge is 0.337 e. The quantitative estimate of drug-likeness (QED) is 0.804. The van der Waals surface area contributed by atoms with Crippen molar-refractivity contribution in [3.63, 3.8) is 0 Å². The highest BCUT2D eigenvalue weighted by Gasteiger charge is 2.14. The second-order valence-corrected chi connectivity index (χ2v) is 6.24. The number of carbonyl (C=O) groups excluding carboxylic acids is 1. The van der Waals surface area contributed by atoms with E-state index in [0.29, 0.717) is 11.1 Å². The van der Waals surface area contributed by atoms with Gasteiger partial charge in [-0.05, 0) is 49.1 Å². The van der Waals surface area contributed by atoms with Crippen molar-refractivity contribution in [2.75, 3.05) is 7.05 Å². The molecule has 0 spiro atoms. The zero-order valence-corrected chi connectivity index (χ0v) is 14.1. The second-order valence-electron chi connectivity index (χ2n) is 6.24. The molecule has 4 nitrogen and oxygen atoms in total. The van der Waals surface area contributed by atoms with Crippen LogP contribution in [0.1, 0.15) is 27.0 Å². The van der Waals surface area contributed by atoms with Crippen molar-refractivity contribution in [1.82, 2.24) is 9.88 Å². The molecule has 0 radical (unpaired) electrons. The Balaban J connectivity index is 1.87. The number of nitrogens with one attached hydrogen (secondary N) is 1. The van der Waals surface area contributed by atoms with Crippen LogP contribution in [0.3, 0.4) is 0 Å². The lowest BCUT2D eigenvalue weighted by molar-refractivity contribution is 0.0784. The van der Waals surface area contributed by atoms with Gasteiger partial charge in [-0.15, -0.1) is 0 Å². The maximum absolute atomic E-state index is 12.5. The monoisotopic (exact) mass is 320 g/mol. The van der Waals surface area contributed by atoms with Gasteiger partial charge in [0, 0.05) is 23.7 Å². The van der Waals surface area contributed by atoms with Crippen molar-refractivity contribution in [2.45, 2.75) is 20.4 Å². The number of fused-ring (bicyclic) bond motifs is 1. The molecule has 0 bridgehead atoms. The highest BCUT2D eigenvalue weighted by molar-refractivity contribution is 5.94. The fraction of sp³-hybridized carbons (Fsp3) is 0.200. The number of amides is 1. The molecule has 3 aromatic rings. The van der Waals surface area contributed by atoms with Gasteiger partial charge in [0.05, 0.1) is 6.54 Å². The highest BCUT2D eigenvalue weighted by Crippen LogP contribution is 2.14. The lowest BCUT2D eigenvalue weighted by Gasteiger charge is -2.17. The van der Waals surface area contributed by atoms with Crippen LogP contribution in [-0.2, 0) is 6.54 Å². The molecule has 0 atom stereocenters. The van der Waals surface area contributed by atoms with Gasteiger partial charge >= 0.3 is 0 Å². The van der Waals surface area contributed by atoms with Crippen molar-refractivity contribution in [2.24, 2.45) is 0 Å². The summed E-state index contributed by atoms with van der Waals surface area (Å²) in [6.45, 7) is 4.24. The van der Waals surface area contributed by atoms with E-state index >= 15 is 0 Å². The predicted molar refractivity (Wildman–Crippen MR) is 96.3 cm³/mol. The molecule has 0 saturated carbocycles. The topological polar surface area (TPSA) is 53.2 Å². The van der Waals surface area contributed by atoms with E-state index in [-0.39, 0.29) is 18.0 Å². The Morgan fingerprint density at radius 2 is 1.67 bits per heavy atom. The summed E-state index contributed by atoms with van der Waals surface area (Å²) in [4.78, 5) is 29.2. The first kappa shape index (κ1) is 16.0. The third kappa shape index (κ3) is 3.23. The molecule has 2 aromatic carbocycles. The minimum atomic E-state index is -0.156. The third-order valence-electron chi connectivity index (χ3n) is 4.13. The number of rotatable bonds is 3. The zero-order chi connectivity index (χ0) is 17.3. The average Bonchev–Trinajstić information content (AvgIpc) is 2.55. The zero-order valence-electron chi connectivity index (χ0n) is 14.1.